The van der Waals surface area contributed by atoms with Gasteiger partial charge in [0.15, 0.2) is 0 Å². The summed E-state index contributed by atoms with van der Waals surface area (Å²) in [4.78, 5) is 1.32. The molecule has 2 aromatic carbocycles. The quantitative estimate of drug-likeness (QED) is 0.665. The molecule has 1 aliphatic heterocycles. The molecule has 110 valence electrons. The van der Waals surface area contributed by atoms with Crippen LogP contribution in [0.2, 0.25) is 5.02 Å². The van der Waals surface area contributed by atoms with E-state index in [0.717, 1.165) is 17.1 Å². The maximum absolute atomic E-state index is 6.15. The third kappa shape index (κ3) is 2.77. The first-order valence-corrected chi connectivity index (χ1v) is 8.12. The lowest BCUT2D eigenvalue weighted by Crippen LogP contribution is -2.33. The summed E-state index contributed by atoms with van der Waals surface area (Å²) >= 11 is 8.02. The van der Waals surface area contributed by atoms with Gasteiger partial charge in [-0.05, 0) is 29.8 Å². The Hall–Kier alpha value is -1.20. The molecule has 3 rings (SSSR count). The van der Waals surface area contributed by atoms with Crippen LogP contribution in [0, 0.1) is 0 Å². The average molecular weight is 321 g/mol. The van der Waals surface area contributed by atoms with Crippen LogP contribution in [0.15, 0.2) is 47.4 Å². The molecule has 0 fully saturated rings. The highest BCUT2D eigenvalue weighted by molar-refractivity contribution is 7.99. The minimum atomic E-state index is -0.0326. The Labute approximate surface area is 133 Å². The average Bonchev–Trinajstić information content (AvgIpc) is 2.93. The number of thioether (sulfide) groups is 1. The number of nitrogens with two attached hydrogens (primary N) is 1. The number of halogens is 1. The minimum absolute atomic E-state index is 0.0326. The number of nitrogens with one attached hydrogen (secondary N) is 1. The Kier molecular flexibility index (Phi) is 4.40. The van der Waals surface area contributed by atoms with Gasteiger partial charge in [0.2, 0.25) is 0 Å². The molecule has 0 bridgehead atoms. The van der Waals surface area contributed by atoms with Crippen LogP contribution in [0.3, 0.4) is 0 Å². The van der Waals surface area contributed by atoms with Gasteiger partial charge in [-0.2, -0.15) is 0 Å². The number of methoxy groups -OCH3 is 1. The Morgan fingerprint density at radius 2 is 2.14 bits per heavy atom. The van der Waals surface area contributed by atoms with E-state index in [2.05, 4.69) is 29.7 Å². The van der Waals surface area contributed by atoms with Gasteiger partial charge in [-0.1, -0.05) is 29.8 Å². The summed E-state index contributed by atoms with van der Waals surface area (Å²) < 4.78 is 5.47. The predicted octanol–water partition coefficient (Wildman–Crippen LogP) is 3.74. The Morgan fingerprint density at radius 3 is 2.90 bits per heavy atom. The van der Waals surface area contributed by atoms with E-state index in [-0.39, 0.29) is 6.04 Å². The Morgan fingerprint density at radius 1 is 1.33 bits per heavy atom. The molecule has 0 aliphatic carbocycles. The van der Waals surface area contributed by atoms with Crippen LogP contribution < -0.4 is 16.0 Å². The number of hydrazine groups is 1. The number of fused-ring (bicyclic) bond motifs is 1. The smallest absolute Gasteiger partial charge is 0.123 e. The minimum Gasteiger partial charge on any atom is -0.496 e. The zero-order valence-corrected chi connectivity index (χ0v) is 13.2. The highest BCUT2D eigenvalue weighted by atomic mass is 35.5. The van der Waals surface area contributed by atoms with E-state index in [4.69, 9.17) is 22.2 Å². The van der Waals surface area contributed by atoms with Crippen molar-refractivity contribution in [1.82, 2.24) is 5.43 Å². The zero-order chi connectivity index (χ0) is 14.8. The summed E-state index contributed by atoms with van der Waals surface area (Å²) in [6.45, 7) is 0. The third-order valence-electron chi connectivity index (χ3n) is 3.85. The van der Waals surface area contributed by atoms with Crippen molar-refractivity contribution < 1.29 is 4.74 Å². The molecule has 0 saturated carbocycles. The normalized spacial score (nSPS) is 18.3. The first-order chi connectivity index (χ1) is 10.2. The first kappa shape index (κ1) is 14.7. The standard InChI is InChI=1S/C16H17ClN2OS/c1-20-14-7-6-10(17)8-12(14)16(19-18)13-9-21-15-5-3-2-4-11(13)15/h2-8,13,16,19H,9,18H2,1H3. The van der Waals surface area contributed by atoms with Gasteiger partial charge >= 0.3 is 0 Å². The Balaban J connectivity index is 2.02. The third-order valence-corrected chi connectivity index (χ3v) is 5.29. The second-order valence-electron chi connectivity index (χ2n) is 4.99. The molecule has 3 nitrogen and oxygen atoms in total. The van der Waals surface area contributed by atoms with Crippen molar-refractivity contribution in [2.75, 3.05) is 12.9 Å². The van der Waals surface area contributed by atoms with Crippen LogP contribution in [0.1, 0.15) is 23.1 Å². The summed E-state index contributed by atoms with van der Waals surface area (Å²) in [5.74, 6) is 7.94. The highest BCUT2D eigenvalue weighted by Gasteiger charge is 2.32. The van der Waals surface area contributed by atoms with Crippen molar-refractivity contribution in [3.8, 4) is 5.75 Å². The fraction of sp³-hybridized carbons (Fsp3) is 0.250. The van der Waals surface area contributed by atoms with Crippen LogP contribution in [-0.4, -0.2) is 12.9 Å². The summed E-state index contributed by atoms with van der Waals surface area (Å²) in [6.07, 6.45) is 0. The molecule has 5 heteroatoms. The number of ether oxygens (including phenoxy) is 1. The van der Waals surface area contributed by atoms with Gasteiger partial charge in [0, 0.05) is 27.2 Å². The second-order valence-corrected chi connectivity index (χ2v) is 6.48. The van der Waals surface area contributed by atoms with Gasteiger partial charge in [0.25, 0.3) is 0 Å². The van der Waals surface area contributed by atoms with E-state index in [1.807, 2.05) is 30.0 Å². The number of hydrogen-bond acceptors (Lipinski definition) is 4. The maximum atomic E-state index is 6.15. The second kappa shape index (κ2) is 6.28. The number of benzene rings is 2. The van der Waals surface area contributed by atoms with Gasteiger partial charge in [-0.3, -0.25) is 11.3 Å². The molecular formula is C16H17ClN2OS. The lowest BCUT2D eigenvalue weighted by molar-refractivity contribution is 0.391. The monoisotopic (exact) mass is 320 g/mol. The highest BCUT2D eigenvalue weighted by Crippen LogP contribution is 2.46. The zero-order valence-electron chi connectivity index (χ0n) is 11.7. The van der Waals surface area contributed by atoms with E-state index < -0.39 is 0 Å². The molecule has 3 N–H and O–H groups in total. The molecule has 2 atom stereocenters. The molecule has 2 aromatic rings. The van der Waals surface area contributed by atoms with Gasteiger partial charge in [-0.25, -0.2) is 0 Å². The molecule has 0 amide bonds. The van der Waals surface area contributed by atoms with E-state index in [1.165, 1.54) is 10.5 Å². The molecule has 0 saturated heterocycles. The summed E-state index contributed by atoms with van der Waals surface area (Å²) in [5, 5.41) is 0.685. The maximum Gasteiger partial charge on any atom is 0.123 e. The summed E-state index contributed by atoms with van der Waals surface area (Å²) in [5.41, 5.74) is 5.27. The molecule has 1 aliphatic rings. The van der Waals surface area contributed by atoms with E-state index in [0.29, 0.717) is 10.9 Å². The topological polar surface area (TPSA) is 47.3 Å². The fourth-order valence-electron chi connectivity index (χ4n) is 2.83. The van der Waals surface area contributed by atoms with Crippen molar-refractivity contribution >= 4 is 23.4 Å². The van der Waals surface area contributed by atoms with E-state index in [9.17, 15) is 0 Å². The lowest BCUT2D eigenvalue weighted by atomic mass is 9.88. The molecule has 2 unspecified atom stereocenters. The molecule has 21 heavy (non-hydrogen) atoms. The molecule has 0 spiro atoms. The summed E-state index contributed by atoms with van der Waals surface area (Å²) in [7, 11) is 1.66. The van der Waals surface area contributed by atoms with Crippen molar-refractivity contribution in [1.29, 1.82) is 0 Å². The van der Waals surface area contributed by atoms with Gasteiger partial charge in [0.1, 0.15) is 5.75 Å². The van der Waals surface area contributed by atoms with E-state index >= 15 is 0 Å². The first-order valence-electron chi connectivity index (χ1n) is 6.76. The van der Waals surface area contributed by atoms with Gasteiger partial charge < -0.3 is 4.74 Å². The van der Waals surface area contributed by atoms with Crippen molar-refractivity contribution in [2.24, 2.45) is 5.84 Å². The molecule has 0 radical (unpaired) electrons. The van der Waals surface area contributed by atoms with Crippen LogP contribution in [0.4, 0.5) is 0 Å². The van der Waals surface area contributed by atoms with Crippen molar-refractivity contribution in [2.45, 2.75) is 16.9 Å². The lowest BCUT2D eigenvalue weighted by Gasteiger charge is -2.25. The predicted molar refractivity (Wildman–Crippen MR) is 88.0 cm³/mol. The van der Waals surface area contributed by atoms with Crippen molar-refractivity contribution in [3.63, 3.8) is 0 Å². The van der Waals surface area contributed by atoms with Crippen LogP contribution >= 0.6 is 23.4 Å². The fourth-order valence-corrected chi connectivity index (χ4v) is 4.31. The SMILES string of the molecule is COc1ccc(Cl)cc1C(NN)C1CSc2ccccc21. The van der Waals surface area contributed by atoms with Crippen LogP contribution in [0.25, 0.3) is 0 Å². The van der Waals surface area contributed by atoms with Gasteiger partial charge in [-0.15, -0.1) is 11.8 Å². The van der Waals surface area contributed by atoms with Crippen molar-refractivity contribution in [3.05, 3.63) is 58.6 Å². The molecule has 0 aromatic heterocycles. The summed E-state index contributed by atoms with van der Waals surface area (Å²) in [6, 6.07) is 14.1. The van der Waals surface area contributed by atoms with Crippen LogP contribution in [-0.2, 0) is 0 Å². The number of rotatable bonds is 4. The van der Waals surface area contributed by atoms with Crippen LogP contribution in [0.5, 0.6) is 5.75 Å². The number of hydrogen-bond donors (Lipinski definition) is 2. The Bertz CT molecular complexity index is 650. The van der Waals surface area contributed by atoms with Gasteiger partial charge in [0.05, 0.1) is 13.2 Å². The largest absolute Gasteiger partial charge is 0.496 e. The molecular weight excluding hydrogens is 304 g/mol. The molecule has 1 heterocycles. The van der Waals surface area contributed by atoms with E-state index in [1.54, 1.807) is 7.11 Å².